The molecule has 5 N–H and O–H groups in total. The zero-order chi connectivity index (χ0) is 44.3. The molecule has 16 nitrogen and oxygen atoms in total. The molecular formula is C45H87N5O11. The Kier molecular flexibility index (Phi) is 39.7. The second kappa shape index (κ2) is 42.8. The van der Waals surface area contributed by atoms with E-state index in [0.717, 1.165) is 32.1 Å². The number of hydrogen-bond acceptors (Lipinski definition) is 12. The van der Waals surface area contributed by atoms with Crippen LogP contribution in [0.2, 0.25) is 0 Å². The molecule has 1 fully saturated rings. The first-order chi connectivity index (χ1) is 29.9. The molecule has 3 atom stereocenters. The van der Waals surface area contributed by atoms with Gasteiger partial charge in [0.05, 0.1) is 71.7 Å². The van der Waals surface area contributed by atoms with Gasteiger partial charge in [-0.3, -0.25) is 19.2 Å². The minimum atomic E-state index is -0.265. The smallest absolute Gasteiger partial charge is 0.246 e. The molecule has 0 bridgehead atoms. The largest absolute Gasteiger partial charge is 0.377 e. The van der Waals surface area contributed by atoms with Gasteiger partial charge in [0.25, 0.3) is 0 Å². The molecule has 1 aliphatic heterocycles. The van der Waals surface area contributed by atoms with Crippen LogP contribution in [0.4, 0.5) is 0 Å². The number of nitrogens with one attached hydrogen (secondary N) is 5. The average Bonchev–Trinajstić information content (AvgIpc) is 3.98. The molecule has 0 radical (unpaired) electrons. The van der Waals surface area contributed by atoms with Crippen molar-refractivity contribution in [3.05, 3.63) is 0 Å². The Bertz CT molecular complexity index is 1060. The number of carbonyl (C=O) groups excluding carboxylic acids is 4. The molecule has 0 saturated carbocycles. The number of unbranched alkanes of at least 4 members (excludes halogenated alkanes) is 15. The number of ether oxygens (including phenoxy) is 7. The molecule has 0 aromatic heterocycles. The summed E-state index contributed by atoms with van der Waals surface area (Å²) in [4.78, 5) is 47.8. The van der Waals surface area contributed by atoms with Crippen LogP contribution in [-0.2, 0) is 52.3 Å². The van der Waals surface area contributed by atoms with Crippen LogP contribution >= 0.6 is 0 Å². The normalized spacial score (nSPS) is 15.1. The summed E-state index contributed by atoms with van der Waals surface area (Å²) in [6.07, 6.45) is 23.8. The minimum Gasteiger partial charge on any atom is -0.377 e. The Labute approximate surface area is 368 Å². The predicted octanol–water partition coefficient (Wildman–Crippen LogP) is 4.36. The number of epoxide rings is 1. The van der Waals surface area contributed by atoms with E-state index in [1.54, 1.807) is 0 Å². The van der Waals surface area contributed by atoms with E-state index in [-0.39, 0.29) is 69.9 Å². The first-order valence-corrected chi connectivity index (χ1v) is 23.7. The fourth-order valence-corrected chi connectivity index (χ4v) is 6.65. The predicted molar refractivity (Wildman–Crippen MR) is 238 cm³/mol. The van der Waals surface area contributed by atoms with E-state index in [4.69, 9.17) is 33.2 Å². The summed E-state index contributed by atoms with van der Waals surface area (Å²) < 4.78 is 37.8. The van der Waals surface area contributed by atoms with E-state index in [9.17, 15) is 19.2 Å². The second-order valence-corrected chi connectivity index (χ2v) is 15.8. The van der Waals surface area contributed by atoms with Crippen LogP contribution in [0.1, 0.15) is 136 Å². The second-order valence-electron chi connectivity index (χ2n) is 15.8. The third-order valence-corrected chi connectivity index (χ3v) is 10.3. The first-order valence-electron chi connectivity index (χ1n) is 23.7. The maximum Gasteiger partial charge on any atom is 0.246 e. The third kappa shape index (κ3) is 38.9. The van der Waals surface area contributed by atoms with Crippen molar-refractivity contribution < 1.29 is 52.3 Å². The molecule has 1 aliphatic rings. The summed E-state index contributed by atoms with van der Waals surface area (Å²) >= 11 is 0. The summed E-state index contributed by atoms with van der Waals surface area (Å²) in [5, 5.41) is 14.5. The van der Waals surface area contributed by atoms with Gasteiger partial charge >= 0.3 is 0 Å². The summed E-state index contributed by atoms with van der Waals surface area (Å²) in [6.45, 7) is 8.63. The highest BCUT2D eigenvalue weighted by Crippen LogP contribution is 2.26. The van der Waals surface area contributed by atoms with Gasteiger partial charge in [-0.15, -0.1) is 0 Å². The van der Waals surface area contributed by atoms with Crippen molar-refractivity contribution in [1.82, 2.24) is 26.6 Å². The highest BCUT2D eigenvalue weighted by Gasteiger charge is 2.40. The van der Waals surface area contributed by atoms with Crippen molar-refractivity contribution in [2.45, 2.75) is 154 Å². The molecule has 1 heterocycles. The van der Waals surface area contributed by atoms with Crippen molar-refractivity contribution in [2.75, 3.05) is 113 Å². The van der Waals surface area contributed by atoms with Crippen molar-refractivity contribution in [1.29, 1.82) is 0 Å². The number of rotatable bonds is 47. The summed E-state index contributed by atoms with van der Waals surface area (Å²) in [5.74, 6) is -0.600. The standard InChI is InChI=1S/C45H87N5O11/c1-4-5-6-7-8-9-10-11-12-13-14-15-16-17-18-22-41(51)48-24-27-55-30-34-59-37-43(53)50-26-29-57-32-35-60-38-44(54)49-25-28-56-31-33-58-36-42(52)47-23-20-19-21-40(46-3)45-39(2)61-45/h39-40,45-46H,4-38H2,1-3H3,(H,47,52)(H,48,51)(H,49,54)(H,50,53). The zero-order valence-electron chi connectivity index (χ0n) is 38.5. The lowest BCUT2D eigenvalue weighted by Gasteiger charge is -2.13. The van der Waals surface area contributed by atoms with Gasteiger partial charge < -0.3 is 59.7 Å². The van der Waals surface area contributed by atoms with Gasteiger partial charge in [-0.05, 0) is 33.2 Å². The Morgan fingerprint density at radius 3 is 1.21 bits per heavy atom. The highest BCUT2D eigenvalue weighted by molar-refractivity contribution is 5.77. The Morgan fingerprint density at radius 2 is 0.820 bits per heavy atom. The van der Waals surface area contributed by atoms with Gasteiger partial charge in [0.2, 0.25) is 23.6 Å². The molecule has 0 aliphatic carbocycles. The lowest BCUT2D eigenvalue weighted by Crippen LogP contribution is -2.32. The molecular weight excluding hydrogens is 787 g/mol. The number of amides is 4. The van der Waals surface area contributed by atoms with Gasteiger partial charge in [0.15, 0.2) is 0 Å². The van der Waals surface area contributed by atoms with E-state index < -0.39 is 0 Å². The average molecular weight is 874 g/mol. The maximum atomic E-state index is 12.0. The summed E-state index contributed by atoms with van der Waals surface area (Å²) in [5.41, 5.74) is 0. The van der Waals surface area contributed by atoms with Crippen LogP contribution in [0, 0.1) is 0 Å². The number of likely N-dealkylation sites (N-methyl/N-ethyl adjacent to an activating group) is 1. The summed E-state index contributed by atoms with van der Waals surface area (Å²) in [6, 6.07) is 0.366. The fraction of sp³-hybridized carbons (Fsp3) is 0.911. The van der Waals surface area contributed by atoms with Crippen LogP contribution < -0.4 is 26.6 Å². The lowest BCUT2D eigenvalue weighted by atomic mass is 10.0. The molecule has 61 heavy (non-hydrogen) atoms. The topological polar surface area (TPSA) is 196 Å². The van der Waals surface area contributed by atoms with Crippen LogP contribution in [0.15, 0.2) is 0 Å². The van der Waals surface area contributed by atoms with E-state index >= 15 is 0 Å². The SMILES string of the molecule is CCCCCCCCCCCCCCCCCC(=O)NCCOCCOCC(=O)NCCOCCOCC(=O)NCCOCCOCC(=O)NCCCCC(NC)C1OC1C. The molecule has 4 amide bonds. The van der Waals surface area contributed by atoms with Gasteiger partial charge in [0.1, 0.15) is 19.8 Å². The molecule has 16 heteroatoms. The van der Waals surface area contributed by atoms with Gasteiger partial charge in [-0.25, -0.2) is 0 Å². The van der Waals surface area contributed by atoms with E-state index in [0.29, 0.717) is 83.9 Å². The Balaban J connectivity index is 1.74. The van der Waals surface area contributed by atoms with Gasteiger partial charge in [0, 0.05) is 38.6 Å². The molecule has 0 aromatic rings. The fourth-order valence-electron chi connectivity index (χ4n) is 6.65. The third-order valence-electron chi connectivity index (χ3n) is 10.3. The highest BCUT2D eigenvalue weighted by atomic mass is 16.6. The molecule has 3 unspecified atom stereocenters. The zero-order valence-corrected chi connectivity index (χ0v) is 38.5. The van der Waals surface area contributed by atoms with E-state index in [1.165, 1.54) is 83.5 Å². The first kappa shape index (κ1) is 56.6. The molecule has 0 aromatic carbocycles. The molecule has 0 spiro atoms. The van der Waals surface area contributed by atoms with Crippen molar-refractivity contribution >= 4 is 23.6 Å². The van der Waals surface area contributed by atoms with E-state index in [2.05, 4.69) is 40.4 Å². The van der Waals surface area contributed by atoms with Crippen molar-refractivity contribution in [2.24, 2.45) is 0 Å². The summed E-state index contributed by atoms with van der Waals surface area (Å²) in [7, 11) is 1.95. The Morgan fingerprint density at radius 1 is 0.459 bits per heavy atom. The van der Waals surface area contributed by atoms with Crippen molar-refractivity contribution in [3.8, 4) is 0 Å². The number of carbonyl (C=O) groups is 4. The Hall–Kier alpha value is -2.44. The minimum absolute atomic E-state index is 0.0154. The molecule has 358 valence electrons. The van der Waals surface area contributed by atoms with Gasteiger partial charge in [-0.2, -0.15) is 0 Å². The van der Waals surface area contributed by atoms with Crippen LogP contribution in [-0.4, -0.2) is 154 Å². The maximum absolute atomic E-state index is 12.0. The lowest BCUT2D eigenvalue weighted by molar-refractivity contribution is -0.127. The van der Waals surface area contributed by atoms with Crippen molar-refractivity contribution in [3.63, 3.8) is 0 Å². The quantitative estimate of drug-likeness (QED) is 0.0429. The molecule has 1 rings (SSSR count). The van der Waals surface area contributed by atoms with Crippen LogP contribution in [0.5, 0.6) is 0 Å². The molecule has 1 saturated heterocycles. The van der Waals surface area contributed by atoms with E-state index in [1.807, 2.05) is 7.05 Å². The number of hydrogen-bond donors (Lipinski definition) is 5. The van der Waals surface area contributed by atoms with Crippen LogP contribution in [0.25, 0.3) is 0 Å². The monoisotopic (exact) mass is 874 g/mol. The van der Waals surface area contributed by atoms with Crippen LogP contribution in [0.3, 0.4) is 0 Å². The van der Waals surface area contributed by atoms with Gasteiger partial charge in [-0.1, -0.05) is 103 Å².